The Labute approximate surface area is 144 Å². The molecule has 0 aromatic carbocycles. The second kappa shape index (κ2) is 6.86. The van der Waals surface area contributed by atoms with Crippen LogP contribution in [0.1, 0.15) is 12.1 Å². The van der Waals surface area contributed by atoms with Gasteiger partial charge in [-0.25, -0.2) is 8.42 Å². The number of sulfonamides is 1. The fourth-order valence-electron chi connectivity index (χ4n) is 3.21. The molecule has 1 aromatic rings. The third-order valence-electron chi connectivity index (χ3n) is 4.60. The highest BCUT2D eigenvalue weighted by Gasteiger charge is 2.38. The van der Waals surface area contributed by atoms with Crippen molar-refractivity contribution in [2.24, 2.45) is 13.0 Å². The Hall–Kier alpha value is -1.17. The van der Waals surface area contributed by atoms with E-state index in [4.69, 9.17) is 4.74 Å². The van der Waals surface area contributed by atoms with Crippen LogP contribution in [-0.4, -0.2) is 73.3 Å². The highest BCUT2D eigenvalue weighted by atomic mass is 32.2. The first-order valence-corrected chi connectivity index (χ1v) is 9.53. The van der Waals surface area contributed by atoms with Crippen molar-refractivity contribution >= 4 is 10.0 Å². The van der Waals surface area contributed by atoms with Crippen LogP contribution in [0.4, 0.5) is 13.2 Å². The van der Waals surface area contributed by atoms with Crippen molar-refractivity contribution in [3.8, 4) is 0 Å². The molecule has 2 saturated heterocycles. The van der Waals surface area contributed by atoms with E-state index < -0.39 is 26.9 Å². The summed E-state index contributed by atoms with van der Waals surface area (Å²) in [6, 6.07) is 0.595. The summed E-state index contributed by atoms with van der Waals surface area (Å²) in [5.41, 5.74) is -1.20. The highest BCUT2D eigenvalue weighted by molar-refractivity contribution is 7.89. The van der Waals surface area contributed by atoms with Crippen LogP contribution in [0.25, 0.3) is 0 Å². The van der Waals surface area contributed by atoms with Crippen LogP contribution in [0.2, 0.25) is 0 Å². The first-order chi connectivity index (χ1) is 11.7. The Morgan fingerprint density at radius 3 is 2.48 bits per heavy atom. The fraction of sp³-hybridized carbons (Fsp3) is 0.786. The van der Waals surface area contributed by atoms with Gasteiger partial charge < -0.3 is 9.64 Å². The van der Waals surface area contributed by atoms with Crippen LogP contribution in [0.5, 0.6) is 0 Å². The second-order valence-corrected chi connectivity index (χ2v) is 8.31. The highest BCUT2D eigenvalue weighted by Crippen LogP contribution is 2.30. The van der Waals surface area contributed by atoms with Crippen LogP contribution >= 0.6 is 0 Å². The molecule has 1 aromatic heterocycles. The summed E-state index contributed by atoms with van der Waals surface area (Å²) >= 11 is 0. The molecule has 2 fully saturated rings. The average molecular weight is 382 g/mol. The molecule has 11 heteroatoms. The third-order valence-corrected chi connectivity index (χ3v) is 6.56. The molecule has 3 heterocycles. The maximum Gasteiger partial charge on any atom is 0.435 e. The van der Waals surface area contributed by atoms with Gasteiger partial charge in [0.15, 0.2) is 10.7 Å². The van der Waals surface area contributed by atoms with Crippen molar-refractivity contribution in [3.63, 3.8) is 0 Å². The van der Waals surface area contributed by atoms with Gasteiger partial charge in [-0.1, -0.05) is 0 Å². The predicted molar refractivity (Wildman–Crippen MR) is 82.3 cm³/mol. The number of alkyl halides is 3. The summed E-state index contributed by atoms with van der Waals surface area (Å²) in [5.74, 6) is 0.467. The normalized spacial score (nSPS) is 24.1. The van der Waals surface area contributed by atoms with Crippen LogP contribution in [-0.2, 0) is 28.0 Å². The SMILES string of the molecule is Cn1nc(C(F)(F)F)cc1S(=O)(=O)N1CCN(CC2CCOC2)CC1. The van der Waals surface area contributed by atoms with Crippen molar-refractivity contribution in [2.45, 2.75) is 17.6 Å². The zero-order chi connectivity index (χ0) is 18.2. The smallest absolute Gasteiger partial charge is 0.381 e. The van der Waals surface area contributed by atoms with E-state index in [1.165, 1.54) is 11.4 Å². The van der Waals surface area contributed by atoms with Gasteiger partial charge in [0.1, 0.15) is 0 Å². The van der Waals surface area contributed by atoms with Gasteiger partial charge in [-0.15, -0.1) is 0 Å². The Morgan fingerprint density at radius 1 is 1.28 bits per heavy atom. The lowest BCUT2D eigenvalue weighted by Crippen LogP contribution is -2.50. The van der Waals surface area contributed by atoms with Gasteiger partial charge in [-0.05, 0) is 12.3 Å². The number of ether oxygens (including phenoxy) is 1. The Kier molecular flexibility index (Phi) is 5.11. The molecule has 3 rings (SSSR count). The maximum atomic E-state index is 12.8. The molecule has 1 atom stereocenters. The van der Waals surface area contributed by atoms with Crippen molar-refractivity contribution in [2.75, 3.05) is 45.9 Å². The Bertz CT molecular complexity index is 705. The van der Waals surface area contributed by atoms with E-state index in [0.29, 0.717) is 25.1 Å². The number of piperazine rings is 1. The number of nitrogens with zero attached hydrogens (tertiary/aromatic N) is 4. The number of hydrogen-bond acceptors (Lipinski definition) is 5. The summed E-state index contributed by atoms with van der Waals surface area (Å²) in [6.45, 7) is 3.97. The van der Waals surface area contributed by atoms with Crippen molar-refractivity contribution in [3.05, 3.63) is 11.8 Å². The van der Waals surface area contributed by atoms with E-state index in [9.17, 15) is 21.6 Å². The van der Waals surface area contributed by atoms with Gasteiger partial charge in [-0.3, -0.25) is 4.68 Å². The van der Waals surface area contributed by atoms with E-state index in [2.05, 4.69) is 10.00 Å². The van der Waals surface area contributed by atoms with Gasteiger partial charge >= 0.3 is 6.18 Å². The first-order valence-electron chi connectivity index (χ1n) is 8.09. The second-order valence-electron chi connectivity index (χ2n) is 6.42. The molecule has 25 heavy (non-hydrogen) atoms. The minimum Gasteiger partial charge on any atom is -0.381 e. The van der Waals surface area contributed by atoms with Gasteiger partial charge in [0, 0.05) is 52.4 Å². The largest absolute Gasteiger partial charge is 0.435 e. The third kappa shape index (κ3) is 3.99. The molecule has 2 aliphatic heterocycles. The lowest BCUT2D eigenvalue weighted by Gasteiger charge is -2.34. The molecular formula is C14H21F3N4O3S. The number of hydrogen-bond donors (Lipinski definition) is 0. The van der Waals surface area contributed by atoms with E-state index >= 15 is 0 Å². The molecule has 7 nitrogen and oxygen atoms in total. The molecule has 0 spiro atoms. The molecule has 0 radical (unpaired) electrons. The Balaban J connectivity index is 1.66. The lowest BCUT2D eigenvalue weighted by atomic mass is 10.1. The van der Waals surface area contributed by atoms with Crippen LogP contribution in [0.3, 0.4) is 0 Å². The molecule has 1 unspecified atom stereocenters. The summed E-state index contributed by atoms with van der Waals surface area (Å²) in [7, 11) is -2.79. The monoisotopic (exact) mass is 382 g/mol. The molecular weight excluding hydrogens is 361 g/mol. The lowest BCUT2D eigenvalue weighted by molar-refractivity contribution is -0.141. The molecule has 0 amide bonds. The van der Waals surface area contributed by atoms with Gasteiger partial charge in [-0.2, -0.15) is 22.6 Å². The minimum atomic E-state index is -4.67. The van der Waals surface area contributed by atoms with E-state index in [1.807, 2.05) is 0 Å². The summed E-state index contributed by atoms with van der Waals surface area (Å²) < 4.78 is 70.9. The average Bonchev–Trinajstić information content (AvgIpc) is 3.17. The van der Waals surface area contributed by atoms with Gasteiger partial charge in [0.2, 0.25) is 0 Å². The topological polar surface area (TPSA) is 67.7 Å². The zero-order valence-electron chi connectivity index (χ0n) is 13.9. The predicted octanol–water partition coefficient (Wildman–Crippen LogP) is 0.782. The fourth-order valence-corrected chi connectivity index (χ4v) is 4.75. The van der Waals surface area contributed by atoms with E-state index in [1.54, 1.807) is 0 Å². The summed E-state index contributed by atoms with van der Waals surface area (Å²) in [6.07, 6.45) is -3.67. The van der Waals surface area contributed by atoms with Crippen LogP contribution in [0, 0.1) is 5.92 Å². The number of aryl methyl sites for hydroxylation is 1. The Morgan fingerprint density at radius 2 is 1.96 bits per heavy atom. The van der Waals surface area contributed by atoms with Crippen LogP contribution in [0.15, 0.2) is 11.1 Å². The van der Waals surface area contributed by atoms with E-state index in [-0.39, 0.29) is 13.1 Å². The molecule has 0 bridgehead atoms. The molecule has 142 valence electrons. The number of halogens is 3. The molecule has 0 saturated carbocycles. The molecule has 2 aliphatic rings. The van der Waals surface area contributed by atoms with Gasteiger partial charge in [0.25, 0.3) is 10.0 Å². The first kappa shape index (κ1) is 18.6. The number of rotatable bonds is 4. The van der Waals surface area contributed by atoms with E-state index in [0.717, 1.165) is 30.9 Å². The maximum absolute atomic E-state index is 12.8. The van der Waals surface area contributed by atoms with Crippen molar-refractivity contribution in [1.29, 1.82) is 0 Å². The zero-order valence-corrected chi connectivity index (χ0v) is 14.7. The summed E-state index contributed by atoms with van der Waals surface area (Å²) in [4.78, 5) is 2.18. The van der Waals surface area contributed by atoms with Crippen molar-refractivity contribution in [1.82, 2.24) is 19.0 Å². The minimum absolute atomic E-state index is 0.252. The molecule has 0 N–H and O–H groups in total. The quantitative estimate of drug-likeness (QED) is 0.770. The standard InChI is InChI=1S/C14H21F3N4O3S/c1-19-13(8-12(18-19)14(15,16)17)25(22,23)21-5-3-20(4-6-21)9-11-2-7-24-10-11/h8,11H,2-7,9-10H2,1H3. The van der Waals surface area contributed by atoms with Gasteiger partial charge in [0.05, 0.1) is 6.61 Å². The van der Waals surface area contributed by atoms with Crippen molar-refractivity contribution < 1.29 is 26.3 Å². The molecule has 0 aliphatic carbocycles. The van der Waals surface area contributed by atoms with Crippen LogP contribution < -0.4 is 0 Å². The number of aromatic nitrogens is 2. The summed E-state index contributed by atoms with van der Waals surface area (Å²) in [5, 5.41) is 2.86.